The molecule has 0 unspecified atom stereocenters. The monoisotopic (exact) mass is 478 g/mol. The van der Waals surface area contributed by atoms with Gasteiger partial charge in [-0.15, -0.1) is 16.2 Å². The van der Waals surface area contributed by atoms with Gasteiger partial charge in [-0.2, -0.15) is 0 Å². The average Bonchev–Trinajstić information content (AvgIpc) is 3.08. The van der Waals surface area contributed by atoms with Crippen LogP contribution in [0.15, 0.2) is 38.1 Å². The van der Waals surface area contributed by atoms with E-state index in [1.165, 1.54) is 27.8 Å². The van der Waals surface area contributed by atoms with Gasteiger partial charge in [-0.05, 0) is 65.0 Å². The number of carbonyl (C=O) groups excluding carboxylic acids is 1. The first-order valence-corrected chi connectivity index (χ1v) is 10.6. The van der Waals surface area contributed by atoms with Gasteiger partial charge in [0.25, 0.3) is 15.9 Å². The van der Waals surface area contributed by atoms with Crippen LogP contribution in [0.3, 0.4) is 0 Å². The number of sulfonamides is 1. The van der Waals surface area contributed by atoms with Crippen molar-refractivity contribution in [3.8, 4) is 0 Å². The summed E-state index contributed by atoms with van der Waals surface area (Å²) in [6.45, 7) is 0. The molecule has 5 nitrogen and oxygen atoms in total. The van der Waals surface area contributed by atoms with Gasteiger partial charge in [0, 0.05) is 13.8 Å². The molecule has 0 spiro atoms. The molecule has 0 saturated carbocycles. The summed E-state index contributed by atoms with van der Waals surface area (Å²) in [5, 5.41) is 0. The molecular weight excluding hydrogens is 468 g/mol. The zero-order valence-corrected chi connectivity index (χ0v) is 16.5. The summed E-state index contributed by atoms with van der Waals surface area (Å²) in [5.41, 5.74) is 3.46. The Morgan fingerprint density at radius 2 is 1.96 bits per heavy atom. The first-order valence-electron chi connectivity index (χ1n) is 6.75. The number of fused-ring (bicyclic) bond motifs is 1. The van der Waals surface area contributed by atoms with Crippen molar-refractivity contribution in [3.05, 3.63) is 48.5 Å². The number of thiophene rings is 1. The summed E-state index contributed by atoms with van der Waals surface area (Å²) in [7, 11) is -3.87. The maximum Gasteiger partial charge on any atom is 0.276 e. The first-order chi connectivity index (χ1) is 10.9. The van der Waals surface area contributed by atoms with E-state index in [1.807, 2.05) is 6.07 Å². The number of nitrogens with one attached hydrogen (secondary N) is 2. The fourth-order valence-corrected chi connectivity index (χ4v) is 5.85. The van der Waals surface area contributed by atoms with Gasteiger partial charge < -0.3 is 0 Å². The number of hydrogen-bond acceptors (Lipinski definition) is 4. The van der Waals surface area contributed by atoms with Crippen LogP contribution in [0.1, 0.15) is 26.5 Å². The van der Waals surface area contributed by atoms with Crippen LogP contribution in [0.2, 0.25) is 0 Å². The molecule has 0 aliphatic heterocycles. The van der Waals surface area contributed by atoms with E-state index in [1.54, 1.807) is 12.1 Å². The molecule has 122 valence electrons. The number of benzene rings is 1. The summed E-state index contributed by atoms with van der Waals surface area (Å²) in [5.74, 6) is -0.445. The molecule has 2 N–H and O–H groups in total. The van der Waals surface area contributed by atoms with Crippen LogP contribution in [0, 0.1) is 0 Å². The van der Waals surface area contributed by atoms with E-state index in [0.29, 0.717) is 13.8 Å². The zero-order chi connectivity index (χ0) is 16.6. The summed E-state index contributed by atoms with van der Waals surface area (Å²) >= 11 is 7.85. The van der Waals surface area contributed by atoms with E-state index in [0.717, 1.165) is 19.3 Å². The van der Waals surface area contributed by atoms with Gasteiger partial charge in [0.2, 0.25) is 0 Å². The minimum absolute atomic E-state index is 0.0425. The van der Waals surface area contributed by atoms with E-state index >= 15 is 0 Å². The second-order valence-corrected chi connectivity index (χ2v) is 9.60. The van der Waals surface area contributed by atoms with Crippen LogP contribution in [0.5, 0.6) is 0 Å². The molecule has 1 heterocycles. The van der Waals surface area contributed by atoms with Crippen molar-refractivity contribution in [3.63, 3.8) is 0 Å². The second kappa shape index (κ2) is 6.64. The molecule has 2 aromatic rings. The van der Waals surface area contributed by atoms with Crippen molar-refractivity contribution < 1.29 is 13.2 Å². The van der Waals surface area contributed by atoms with Gasteiger partial charge in [-0.3, -0.25) is 10.2 Å². The maximum absolute atomic E-state index is 12.3. The predicted molar refractivity (Wildman–Crippen MR) is 96.0 cm³/mol. The van der Waals surface area contributed by atoms with Gasteiger partial charge in [0.05, 0.1) is 9.77 Å². The van der Waals surface area contributed by atoms with Crippen molar-refractivity contribution >= 4 is 59.1 Å². The molecule has 0 atom stereocenters. The average molecular weight is 480 g/mol. The SMILES string of the molecule is O=C(NNS(=O)(=O)c1cc(Br)ccc1Br)c1cc2c(s1)CCC2. The molecule has 1 aromatic heterocycles. The highest BCUT2D eigenvalue weighted by Crippen LogP contribution is 2.30. The lowest BCUT2D eigenvalue weighted by Gasteiger charge is -2.09. The van der Waals surface area contributed by atoms with Crippen LogP contribution in [-0.4, -0.2) is 14.3 Å². The zero-order valence-electron chi connectivity index (χ0n) is 11.7. The molecule has 0 radical (unpaired) electrons. The molecule has 1 amide bonds. The molecule has 1 aliphatic rings. The number of amides is 1. The van der Waals surface area contributed by atoms with Crippen LogP contribution in [-0.2, 0) is 22.9 Å². The van der Waals surface area contributed by atoms with Crippen molar-refractivity contribution in [1.29, 1.82) is 0 Å². The van der Waals surface area contributed by atoms with Gasteiger partial charge in [-0.25, -0.2) is 8.42 Å². The fourth-order valence-electron chi connectivity index (χ4n) is 2.35. The minimum Gasteiger partial charge on any atom is -0.273 e. The molecule has 23 heavy (non-hydrogen) atoms. The van der Waals surface area contributed by atoms with Crippen LogP contribution < -0.4 is 10.3 Å². The normalized spacial score (nSPS) is 13.8. The lowest BCUT2D eigenvalue weighted by atomic mass is 10.2. The maximum atomic E-state index is 12.3. The third-order valence-electron chi connectivity index (χ3n) is 3.45. The third-order valence-corrected chi connectivity index (χ3v) is 7.42. The van der Waals surface area contributed by atoms with Crippen molar-refractivity contribution in [1.82, 2.24) is 10.3 Å². The van der Waals surface area contributed by atoms with E-state index in [2.05, 4.69) is 42.1 Å². The Hall–Kier alpha value is -0.740. The van der Waals surface area contributed by atoms with E-state index < -0.39 is 15.9 Å². The smallest absolute Gasteiger partial charge is 0.273 e. The van der Waals surface area contributed by atoms with E-state index in [9.17, 15) is 13.2 Å². The van der Waals surface area contributed by atoms with Gasteiger partial charge in [-0.1, -0.05) is 15.9 Å². The molecular formula is C14H12Br2N2O3S2. The molecule has 1 aromatic carbocycles. The van der Waals surface area contributed by atoms with Crippen LogP contribution in [0.25, 0.3) is 0 Å². The Balaban J connectivity index is 1.73. The first kappa shape index (κ1) is 17.1. The second-order valence-electron chi connectivity index (χ2n) is 5.05. The van der Waals surface area contributed by atoms with Crippen molar-refractivity contribution in [2.24, 2.45) is 0 Å². The Morgan fingerprint density at radius 3 is 2.70 bits per heavy atom. The Kier molecular flexibility index (Phi) is 4.93. The summed E-state index contributed by atoms with van der Waals surface area (Å²) in [6, 6.07) is 6.63. The molecule has 0 saturated heterocycles. The highest BCUT2D eigenvalue weighted by atomic mass is 79.9. The highest BCUT2D eigenvalue weighted by Gasteiger charge is 2.22. The minimum atomic E-state index is -3.87. The number of aryl methyl sites for hydroxylation is 2. The summed E-state index contributed by atoms with van der Waals surface area (Å²) in [6.07, 6.45) is 3.09. The van der Waals surface area contributed by atoms with Crippen LogP contribution >= 0.6 is 43.2 Å². The largest absolute Gasteiger partial charge is 0.276 e. The van der Waals surface area contributed by atoms with Gasteiger partial charge >= 0.3 is 0 Å². The lowest BCUT2D eigenvalue weighted by molar-refractivity contribution is 0.0949. The van der Waals surface area contributed by atoms with Crippen LogP contribution in [0.4, 0.5) is 0 Å². The molecule has 3 rings (SSSR count). The summed E-state index contributed by atoms with van der Waals surface area (Å²) in [4.78, 5) is 16.0. The Bertz CT molecular complexity index is 857. The van der Waals surface area contributed by atoms with E-state index in [-0.39, 0.29) is 4.90 Å². The topological polar surface area (TPSA) is 75.3 Å². The molecule has 1 aliphatic carbocycles. The van der Waals surface area contributed by atoms with Gasteiger partial charge in [0.1, 0.15) is 0 Å². The summed E-state index contributed by atoms with van der Waals surface area (Å²) < 4.78 is 25.7. The standard InChI is InChI=1S/C14H12Br2N2O3S2/c15-9-4-5-10(16)13(7-9)23(20,21)18-17-14(19)12-6-8-2-1-3-11(8)22-12/h4-7,18H,1-3H2,(H,17,19). The quantitative estimate of drug-likeness (QED) is 0.660. The highest BCUT2D eigenvalue weighted by molar-refractivity contribution is 9.11. The molecule has 9 heteroatoms. The number of hydrogen-bond donors (Lipinski definition) is 2. The predicted octanol–water partition coefficient (Wildman–Crippen LogP) is 3.39. The van der Waals surface area contributed by atoms with Crippen molar-refractivity contribution in [2.45, 2.75) is 24.2 Å². The third kappa shape index (κ3) is 3.69. The number of carbonyl (C=O) groups is 1. The Labute approximate surface area is 154 Å². The fraction of sp³-hybridized carbons (Fsp3) is 0.214. The van der Waals surface area contributed by atoms with E-state index in [4.69, 9.17) is 0 Å². The number of rotatable bonds is 4. The molecule has 0 bridgehead atoms. The number of halogens is 2. The lowest BCUT2D eigenvalue weighted by Crippen LogP contribution is -2.41. The Morgan fingerprint density at radius 1 is 1.17 bits per heavy atom. The van der Waals surface area contributed by atoms with Crippen molar-refractivity contribution in [2.75, 3.05) is 0 Å². The van der Waals surface area contributed by atoms with Gasteiger partial charge in [0.15, 0.2) is 0 Å². The molecule has 0 fully saturated rings. The number of hydrazine groups is 1.